The molecule has 0 amide bonds. The molecule has 0 bridgehead atoms. The van der Waals surface area contributed by atoms with Crippen LogP contribution in [0.15, 0.2) is 23.1 Å². The molecule has 0 radical (unpaired) electrons. The number of benzene rings is 1. The van der Waals surface area contributed by atoms with Gasteiger partial charge in [-0.2, -0.15) is 21.1 Å². The molecule has 0 unspecified atom stereocenters. The highest BCUT2D eigenvalue weighted by Crippen LogP contribution is 2.29. The molecular formula is C8H9ClFNO5S2. The molecule has 0 aliphatic carbocycles. The van der Waals surface area contributed by atoms with Gasteiger partial charge in [-0.25, -0.2) is 0 Å². The Morgan fingerprint density at radius 2 is 1.78 bits per heavy atom. The molecule has 10 heteroatoms. The van der Waals surface area contributed by atoms with Crippen LogP contribution in [0.5, 0.6) is 5.75 Å². The van der Waals surface area contributed by atoms with Crippen molar-refractivity contribution in [1.82, 2.24) is 4.31 Å². The molecule has 0 fully saturated rings. The standard InChI is InChI=1S/C8H9ClFNO5S2/c1-11(2)18(14,15)16-8-4-3-6(5-7(8)9)17(10,12)13/h3-5H,1-2H3. The van der Waals surface area contributed by atoms with E-state index in [1.54, 1.807) is 0 Å². The van der Waals surface area contributed by atoms with Gasteiger partial charge in [0.2, 0.25) is 0 Å². The SMILES string of the molecule is CN(C)S(=O)(=O)Oc1ccc(S(=O)(=O)F)cc1Cl. The molecule has 0 saturated carbocycles. The normalized spacial score (nSPS) is 12.7. The molecule has 1 rings (SSSR count). The van der Waals surface area contributed by atoms with Crippen molar-refractivity contribution in [2.45, 2.75) is 4.90 Å². The molecule has 0 aliphatic rings. The van der Waals surface area contributed by atoms with E-state index < -0.39 is 25.4 Å². The first kappa shape index (κ1) is 15.2. The van der Waals surface area contributed by atoms with E-state index in [2.05, 4.69) is 4.18 Å². The summed E-state index contributed by atoms with van der Waals surface area (Å²) in [7, 11) is -6.44. The summed E-state index contributed by atoms with van der Waals surface area (Å²) in [6, 6.07) is 2.56. The number of hydrogen-bond acceptors (Lipinski definition) is 5. The van der Waals surface area contributed by atoms with Crippen LogP contribution < -0.4 is 4.18 Å². The zero-order valence-corrected chi connectivity index (χ0v) is 11.7. The zero-order valence-electron chi connectivity index (χ0n) is 9.29. The summed E-state index contributed by atoms with van der Waals surface area (Å²) in [4.78, 5) is -0.679. The quantitative estimate of drug-likeness (QED) is 0.779. The molecule has 102 valence electrons. The van der Waals surface area contributed by atoms with Gasteiger partial charge >= 0.3 is 20.5 Å². The van der Waals surface area contributed by atoms with E-state index in [0.717, 1.165) is 22.5 Å². The van der Waals surface area contributed by atoms with Crippen LogP contribution in [-0.2, 0) is 20.5 Å². The van der Waals surface area contributed by atoms with Crippen LogP contribution in [0.25, 0.3) is 0 Å². The topological polar surface area (TPSA) is 80.8 Å². The Morgan fingerprint density at radius 3 is 2.17 bits per heavy atom. The molecule has 1 aromatic rings. The molecule has 0 aromatic heterocycles. The third kappa shape index (κ3) is 3.55. The monoisotopic (exact) mass is 317 g/mol. The van der Waals surface area contributed by atoms with Crippen molar-refractivity contribution in [3.8, 4) is 5.75 Å². The number of rotatable bonds is 4. The van der Waals surface area contributed by atoms with Gasteiger partial charge in [0, 0.05) is 14.1 Å². The Morgan fingerprint density at radius 1 is 1.22 bits per heavy atom. The maximum atomic E-state index is 12.6. The van der Waals surface area contributed by atoms with Gasteiger partial charge in [-0.05, 0) is 18.2 Å². The van der Waals surface area contributed by atoms with E-state index >= 15 is 0 Å². The Bertz CT molecular complexity index is 656. The molecule has 0 heterocycles. The molecule has 0 aliphatic heterocycles. The van der Waals surface area contributed by atoms with Crippen LogP contribution in [-0.4, -0.2) is 35.2 Å². The summed E-state index contributed by atoms with van der Waals surface area (Å²) in [6.07, 6.45) is 0. The summed E-state index contributed by atoms with van der Waals surface area (Å²) in [5.74, 6) is -0.294. The van der Waals surface area contributed by atoms with Crippen LogP contribution >= 0.6 is 11.6 Å². The van der Waals surface area contributed by atoms with E-state index in [9.17, 15) is 20.7 Å². The summed E-state index contributed by atoms with van der Waals surface area (Å²) in [6.45, 7) is 0. The first-order valence-corrected chi connectivity index (χ1v) is 7.53. The second kappa shape index (κ2) is 5.00. The smallest absolute Gasteiger partial charge is 0.369 e. The van der Waals surface area contributed by atoms with Crippen LogP contribution in [0.4, 0.5) is 3.89 Å². The van der Waals surface area contributed by atoms with Crippen molar-refractivity contribution in [2.24, 2.45) is 0 Å². The molecule has 0 N–H and O–H groups in total. The molecule has 0 atom stereocenters. The first-order chi connectivity index (χ1) is 8.04. The van der Waals surface area contributed by atoms with Crippen molar-refractivity contribution in [1.29, 1.82) is 0 Å². The Labute approximate surface area is 109 Å². The Balaban J connectivity index is 3.16. The minimum atomic E-state index is -4.90. The maximum absolute atomic E-state index is 12.6. The molecule has 0 saturated heterocycles. The minimum Gasteiger partial charge on any atom is -0.369 e. The lowest BCUT2D eigenvalue weighted by Gasteiger charge is -2.12. The third-order valence-corrected chi connectivity index (χ3v) is 4.22. The average molecular weight is 318 g/mol. The lowest BCUT2D eigenvalue weighted by Crippen LogP contribution is -2.27. The molecule has 1 aromatic carbocycles. The Kier molecular flexibility index (Phi) is 4.21. The second-order valence-corrected chi connectivity index (χ2v) is 6.86. The number of hydrogen-bond donors (Lipinski definition) is 0. The van der Waals surface area contributed by atoms with Gasteiger partial charge in [-0.3, -0.25) is 0 Å². The van der Waals surface area contributed by atoms with E-state index in [1.165, 1.54) is 14.1 Å². The lowest BCUT2D eigenvalue weighted by molar-refractivity contribution is 0.421. The third-order valence-electron chi connectivity index (χ3n) is 1.83. The summed E-state index contributed by atoms with van der Waals surface area (Å²) in [5.41, 5.74) is 0. The first-order valence-electron chi connectivity index (χ1n) is 4.40. The highest BCUT2D eigenvalue weighted by atomic mass is 35.5. The van der Waals surface area contributed by atoms with Gasteiger partial charge in [0.1, 0.15) is 4.90 Å². The maximum Gasteiger partial charge on any atom is 0.384 e. The Hall–Kier alpha value is -0.900. The average Bonchev–Trinajstić information content (AvgIpc) is 2.19. The van der Waals surface area contributed by atoms with E-state index in [1.807, 2.05) is 0 Å². The van der Waals surface area contributed by atoms with Crippen LogP contribution in [0.3, 0.4) is 0 Å². The number of nitrogens with zero attached hydrogens (tertiary/aromatic N) is 1. The molecular weight excluding hydrogens is 309 g/mol. The second-order valence-electron chi connectivity index (χ2n) is 3.35. The lowest BCUT2D eigenvalue weighted by atomic mass is 10.3. The van der Waals surface area contributed by atoms with Gasteiger partial charge in [0.15, 0.2) is 5.75 Å². The molecule has 18 heavy (non-hydrogen) atoms. The number of halogens is 2. The van der Waals surface area contributed by atoms with Crippen molar-refractivity contribution in [3.05, 3.63) is 23.2 Å². The van der Waals surface area contributed by atoms with Crippen molar-refractivity contribution in [3.63, 3.8) is 0 Å². The van der Waals surface area contributed by atoms with Gasteiger partial charge in [-0.1, -0.05) is 11.6 Å². The van der Waals surface area contributed by atoms with E-state index in [4.69, 9.17) is 11.6 Å². The fourth-order valence-electron chi connectivity index (χ4n) is 0.889. The van der Waals surface area contributed by atoms with Gasteiger partial charge in [0.05, 0.1) is 5.02 Å². The highest BCUT2D eigenvalue weighted by molar-refractivity contribution is 7.86. The van der Waals surface area contributed by atoms with Crippen molar-refractivity contribution in [2.75, 3.05) is 14.1 Å². The zero-order chi connectivity index (χ0) is 14.1. The van der Waals surface area contributed by atoms with E-state index in [-0.39, 0.29) is 10.8 Å². The summed E-state index contributed by atoms with van der Waals surface area (Å²) >= 11 is 5.61. The van der Waals surface area contributed by atoms with Gasteiger partial charge in [0.25, 0.3) is 0 Å². The minimum absolute atomic E-state index is 0.294. The summed E-state index contributed by atoms with van der Waals surface area (Å²) in [5, 5.41) is -0.334. The van der Waals surface area contributed by atoms with Crippen LogP contribution in [0, 0.1) is 0 Å². The van der Waals surface area contributed by atoms with Crippen molar-refractivity contribution >= 4 is 32.1 Å². The predicted octanol–water partition coefficient (Wildman–Crippen LogP) is 1.18. The van der Waals surface area contributed by atoms with Gasteiger partial charge < -0.3 is 4.18 Å². The fourth-order valence-corrected chi connectivity index (χ4v) is 2.23. The predicted molar refractivity (Wildman–Crippen MR) is 63.0 cm³/mol. The van der Waals surface area contributed by atoms with Gasteiger partial charge in [-0.15, -0.1) is 3.89 Å². The highest BCUT2D eigenvalue weighted by Gasteiger charge is 2.20. The fraction of sp³-hybridized carbons (Fsp3) is 0.250. The van der Waals surface area contributed by atoms with Crippen LogP contribution in [0.1, 0.15) is 0 Å². The largest absolute Gasteiger partial charge is 0.384 e. The van der Waals surface area contributed by atoms with E-state index in [0.29, 0.717) is 0 Å². The molecule has 0 spiro atoms. The summed E-state index contributed by atoms with van der Waals surface area (Å²) < 4.78 is 62.0. The van der Waals surface area contributed by atoms with Crippen LogP contribution in [0.2, 0.25) is 5.02 Å². The molecule has 6 nitrogen and oxygen atoms in total. The van der Waals surface area contributed by atoms with Crippen molar-refractivity contribution < 1.29 is 24.9 Å².